The fourth-order valence-corrected chi connectivity index (χ4v) is 2.51. The van der Waals surface area contributed by atoms with Gasteiger partial charge in [-0.1, -0.05) is 0 Å². The molecule has 1 fully saturated rings. The molecule has 3 heterocycles. The van der Waals surface area contributed by atoms with Gasteiger partial charge in [-0.3, -0.25) is 0 Å². The molecule has 1 saturated heterocycles. The fourth-order valence-electron chi connectivity index (χ4n) is 1.89. The van der Waals surface area contributed by atoms with Crippen molar-refractivity contribution < 1.29 is 0 Å². The molecule has 2 aromatic heterocycles. The van der Waals surface area contributed by atoms with Crippen LogP contribution in [0.25, 0.3) is 10.3 Å². The highest BCUT2D eigenvalue weighted by Crippen LogP contribution is 2.26. The summed E-state index contributed by atoms with van der Waals surface area (Å²) in [7, 11) is 0. The average molecular weight is 221 g/mol. The van der Waals surface area contributed by atoms with E-state index in [1.807, 2.05) is 0 Å². The molecule has 1 unspecified atom stereocenters. The van der Waals surface area contributed by atoms with Crippen molar-refractivity contribution in [3.63, 3.8) is 0 Å². The largest absolute Gasteiger partial charge is 0.353 e. The lowest BCUT2D eigenvalue weighted by atomic mass is 10.3. The van der Waals surface area contributed by atoms with Crippen LogP contribution in [0.3, 0.4) is 0 Å². The normalized spacial score (nSPS) is 21.4. The average Bonchev–Trinajstić information content (AvgIpc) is 2.84. The van der Waals surface area contributed by atoms with E-state index in [9.17, 15) is 0 Å². The first kappa shape index (κ1) is 8.99. The van der Waals surface area contributed by atoms with E-state index in [2.05, 4.69) is 19.9 Å². The molecule has 0 spiro atoms. The lowest BCUT2D eigenvalue weighted by Gasteiger charge is -2.16. The van der Waals surface area contributed by atoms with Crippen LogP contribution >= 0.6 is 11.3 Å². The Morgan fingerprint density at radius 2 is 2.33 bits per heavy atom. The smallest absolute Gasteiger partial charge is 0.159 e. The lowest BCUT2D eigenvalue weighted by Crippen LogP contribution is -2.27. The van der Waals surface area contributed by atoms with E-state index < -0.39 is 0 Å². The summed E-state index contributed by atoms with van der Waals surface area (Å²) < 4.78 is 0. The highest BCUT2D eigenvalue weighted by molar-refractivity contribution is 7.16. The second-order valence-electron chi connectivity index (χ2n) is 3.70. The summed E-state index contributed by atoms with van der Waals surface area (Å²) in [6, 6.07) is 0.258. The number of nitrogens with two attached hydrogens (primary N) is 1. The van der Waals surface area contributed by atoms with Crippen LogP contribution in [0.15, 0.2) is 11.8 Å². The van der Waals surface area contributed by atoms with Gasteiger partial charge in [-0.25, -0.2) is 15.0 Å². The molecule has 5 nitrogen and oxygen atoms in total. The van der Waals surface area contributed by atoms with Crippen molar-refractivity contribution in [3.05, 3.63) is 11.8 Å². The Bertz CT molecular complexity index is 482. The molecular weight excluding hydrogens is 210 g/mol. The molecule has 78 valence electrons. The Morgan fingerprint density at radius 1 is 1.40 bits per heavy atom. The molecule has 0 amide bonds. The third-order valence-corrected chi connectivity index (χ3v) is 3.37. The number of aromatic nitrogens is 3. The zero-order chi connectivity index (χ0) is 10.3. The number of fused-ring (bicyclic) bond motifs is 1. The Kier molecular flexibility index (Phi) is 2.03. The number of rotatable bonds is 1. The van der Waals surface area contributed by atoms with Gasteiger partial charge in [0.15, 0.2) is 5.82 Å². The van der Waals surface area contributed by atoms with Gasteiger partial charge in [-0.05, 0) is 6.42 Å². The van der Waals surface area contributed by atoms with Crippen LogP contribution < -0.4 is 10.6 Å². The molecule has 1 aliphatic rings. The van der Waals surface area contributed by atoms with Crippen LogP contribution in [0.4, 0.5) is 5.82 Å². The van der Waals surface area contributed by atoms with Gasteiger partial charge in [0.1, 0.15) is 16.7 Å². The molecule has 2 N–H and O–H groups in total. The maximum Gasteiger partial charge on any atom is 0.159 e. The highest BCUT2D eigenvalue weighted by atomic mass is 32.1. The maximum atomic E-state index is 5.88. The molecule has 1 atom stereocenters. The third kappa shape index (κ3) is 1.46. The molecule has 15 heavy (non-hydrogen) atoms. The quantitative estimate of drug-likeness (QED) is 0.764. The molecule has 0 saturated carbocycles. The standard InChI is InChI=1S/C9H11N5S/c10-6-1-2-14(3-6)8-7-9(12-4-11-8)15-5-13-7/h4-6H,1-3,10H2. The van der Waals surface area contributed by atoms with Crippen LogP contribution in [-0.4, -0.2) is 34.1 Å². The van der Waals surface area contributed by atoms with Gasteiger partial charge in [0.2, 0.25) is 0 Å². The third-order valence-electron chi connectivity index (χ3n) is 2.64. The van der Waals surface area contributed by atoms with E-state index >= 15 is 0 Å². The minimum atomic E-state index is 0.258. The summed E-state index contributed by atoms with van der Waals surface area (Å²) >= 11 is 1.54. The van der Waals surface area contributed by atoms with Gasteiger partial charge in [0.05, 0.1) is 5.51 Å². The zero-order valence-corrected chi connectivity index (χ0v) is 8.94. The second kappa shape index (κ2) is 3.39. The van der Waals surface area contributed by atoms with Crippen molar-refractivity contribution in [1.82, 2.24) is 15.0 Å². The molecule has 6 heteroatoms. The van der Waals surface area contributed by atoms with Crippen LogP contribution in [0, 0.1) is 0 Å². The molecule has 0 radical (unpaired) electrons. The molecular formula is C9H11N5S. The SMILES string of the molecule is NC1CCN(c2ncnc3scnc23)C1. The van der Waals surface area contributed by atoms with Crippen molar-refractivity contribution in [1.29, 1.82) is 0 Å². The van der Waals surface area contributed by atoms with E-state index in [0.717, 1.165) is 35.7 Å². The summed E-state index contributed by atoms with van der Waals surface area (Å²) in [4.78, 5) is 15.9. The van der Waals surface area contributed by atoms with Crippen molar-refractivity contribution in [2.75, 3.05) is 18.0 Å². The summed E-state index contributed by atoms with van der Waals surface area (Å²) in [6.07, 6.45) is 2.62. The van der Waals surface area contributed by atoms with Gasteiger partial charge in [0, 0.05) is 19.1 Å². The van der Waals surface area contributed by atoms with Crippen molar-refractivity contribution >= 4 is 27.5 Å². The maximum absolute atomic E-state index is 5.88. The van der Waals surface area contributed by atoms with Crippen LogP contribution in [0.5, 0.6) is 0 Å². The van der Waals surface area contributed by atoms with Gasteiger partial charge in [-0.15, -0.1) is 11.3 Å². The minimum Gasteiger partial charge on any atom is -0.353 e. The monoisotopic (exact) mass is 221 g/mol. The Morgan fingerprint density at radius 3 is 3.13 bits per heavy atom. The summed E-state index contributed by atoms with van der Waals surface area (Å²) in [5, 5.41) is 0. The van der Waals surface area contributed by atoms with Gasteiger partial charge in [0.25, 0.3) is 0 Å². The Labute approximate surface area is 91.0 Å². The first-order valence-corrected chi connectivity index (χ1v) is 5.77. The molecule has 1 aliphatic heterocycles. The van der Waals surface area contributed by atoms with E-state index in [0.29, 0.717) is 0 Å². The fraction of sp³-hybridized carbons (Fsp3) is 0.444. The predicted molar refractivity (Wildman–Crippen MR) is 60.0 cm³/mol. The second-order valence-corrected chi connectivity index (χ2v) is 4.53. The van der Waals surface area contributed by atoms with Crippen LogP contribution in [0.2, 0.25) is 0 Å². The predicted octanol–water partition coefficient (Wildman–Crippen LogP) is 0.624. The first-order valence-electron chi connectivity index (χ1n) is 4.89. The minimum absolute atomic E-state index is 0.258. The molecule has 2 aromatic rings. The van der Waals surface area contributed by atoms with Crippen LogP contribution in [-0.2, 0) is 0 Å². The Hall–Kier alpha value is -1.27. The summed E-state index contributed by atoms with van der Waals surface area (Å²) in [6.45, 7) is 1.83. The van der Waals surface area contributed by atoms with Crippen molar-refractivity contribution in [2.45, 2.75) is 12.5 Å². The summed E-state index contributed by atoms with van der Waals surface area (Å²) in [5.41, 5.74) is 8.58. The Balaban J connectivity index is 2.06. The number of thiazole rings is 1. The molecule has 0 aromatic carbocycles. The van der Waals surface area contributed by atoms with Gasteiger partial charge in [-0.2, -0.15) is 0 Å². The highest BCUT2D eigenvalue weighted by Gasteiger charge is 2.22. The van der Waals surface area contributed by atoms with Gasteiger partial charge >= 0.3 is 0 Å². The number of hydrogen-bond donors (Lipinski definition) is 1. The van der Waals surface area contributed by atoms with E-state index in [4.69, 9.17) is 5.73 Å². The number of hydrogen-bond acceptors (Lipinski definition) is 6. The molecule has 0 bridgehead atoms. The molecule has 3 rings (SSSR count). The van der Waals surface area contributed by atoms with Crippen molar-refractivity contribution in [2.24, 2.45) is 5.73 Å². The summed E-state index contributed by atoms with van der Waals surface area (Å²) in [5.74, 6) is 0.925. The van der Waals surface area contributed by atoms with E-state index in [1.165, 1.54) is 0 Å². The first-order chi connectivity index (χ1) is 7.34. The van der Waals surface area contributed by atoms with Crippen molar-refractivity contribution in [3.8, 4) is 0 Å². The van der Waals surface area contributed by atoms with Crippen LogP contribution in [0.1, 0.15) is 6.42 Å². The molecule has 0 aliphatic carbocycles. The van der Waals surface area contributed by atoms with E-state index in [1.54, 1.807) is 23.2 Å². The lowest BCUT2D eigenvalue weighted by molar-refractivity contribution is 0.751. The zero-order valence-electron chi connectivity index (χ0n) is 8.13. The number of anilines is 1. The number of nitrogens with zero attached hydrogens (tertiary/aromatic N) is 4. The topological polar surface area (TPSA) is 67.9 Å². The van der Waals surface area contributed by atoms with E-state index in [-0.39, 0.29) is 6.04 Å². The van der Waals surface area contributed by atoms with Gasteiger partial charge < -0.3 is 10.6 Å².